The number of hydrogen-bond acceptors (Lipinski definition) is 3. The first kappa shape index (κ1) is 19.4. The number of aromatic amines is 1. The Bertz CT molecular complexity index is 1010. The molecule has 1 aromatic heterocycles. The van der Waals surface area contributed by atoms with Gasteiger partial charge in [0.05, 0.1) is 17.9 Å². The number of allylic oxidation sites excluding steroid dienone is 1. The van der Waals surface area contributed by atoms with Crippen LogP contribution in [0.25, 0.3) is 5.57 Å². The number of aryl methyl sites for hydroxylation is 1. The molecule has 0 aliphatic carbocycles. The minimum atomic E-state index is -0.359. The molecule has 0 amide bonds. The maximum atomic E-state index is 12.9. The fourth-order valence-corrected chi connectivity index (χ4v) is 3.26. The van der Waals surface area contributed by atoms with Gasteiger partial charge >= 0.3 is 5.97 Å². The topological polar surface area (TPSA) is 59.2 Å². The Morgan fingerprint density at radius 3 is 2.07 bits per heavy atom. The maximum Gasteiger partial charge on any atom is 0.340 e. The van der Waals surface area contributed by atoms with Crippen LogP contribution in [0.3, 0.4) is 0 Å². The highest BCUT2D eigenvalue weighted by atomic mass is 16.5. The van der Waals surface area contributed by atoms with Crippen molar-refractivity contribution in [3.8, 4) is 0 Å². The molecule has 2 aromatic carbocycles. The summed E-state index contributed by atoms with van der Waals surface area (Å²) < 4.78 is 5.19. The van der Waals surface area contributed by atoms with Crippen molar-refractivity contribution in [2.24, 2.45) is 0 Å². The summed E-state index contributed by atoms with van der Waals surface area (Å²) in [4.78, 5) is 28.5. The van der Waals surface area contributed by atoms with Crippen LogP contribution < -0.4 is 0 Å². The third kappa shape index (κ3) is 3.96. The Morgan fingerprint density at radius 2 is 1.50 bits per heavy atom. The van der Waals surface area contributed by atoms with Crippen molar-refractivity contribution in [3.63, 3.8) is 0 Å². The van der Waals surface area contributed by atoms with Gasteiger partial charge in [-0.1, -0.05) is 60.7 Å². The van der Waals surface area contributed by atoms with Gasteiger partial charge in [0.15, 0.2) is 5.78 Å². The van der Waals surface area contributed by atoms with Crippen LogP contribution in [0.2, 0.25) is 0 Å². The van der Waals surface area contributed by atoms with Crippen LogP contribution in [0, 0.1) is 13.8 Å². The second-order valence-corrected chi connectivity index (χ2v) is 6.50. The number of esters is 1. The fourth-order valence-electron chi connectivity index (χ4n) is 3.26. The first-order chi connectivity index (χ1) is 13.5. The molecule has 142 valence electrons. The number of H-pyrrole nitrogens is 1. The van der Waals surface area contributed by atoms with Gasteiger partial charge in [0.2, 0.25) is 0 Å². The van der Waals surface area contributed by atoms with Crippen molar-refractivity contribution in [3.05, 3.63) is 100 Å². The van der Waals surface area contributed by atoms with E-state index >= 15 is 0 Å². The average molecular weight is 373 g/mol. The quantitative estimate of drug-likeness (QED) is 0.370. The summed E-state index contributed by atoms with van der Waals surface area (Å²) in [6.07, 6.45) is 1.62. The van der Waals surface area contributed by atoms with Crippen LogP contribution in [-0.2, 0) is 4.74 Å². The first-order valence-corrected chi connectivity index (χ1v) is 9.26. The van der Waals surface area contributed by atoms with Crippen LogP contribution in [0.5, 0.6) is 0 Å². The van der Waals surface area contributed by atoms with Crippen LogP contribution in [-0.4, -0.2) is 23.3 Å². The summed E-state index contributed by atoms with van der Waals surface area (Å²) in [7, 11) is 0. The Labute approximate surface area is 164 Å². The SMILES string of the molecule is CCOC(=O)c1c(C)[nH]c(/C(=C\C(=O)c2ccccc2)c2ccccc2)c1C. The van der Waals surface area contributed by atoms with Gasteiger partial charge in [-0.05, 0) is 38.0 Å². The van der Waals surface area contributed by atoms with E-state index in [4.69, 9.17) is 4.74 Å². The van der Waals surface area contributed by atoms with Crippen LogP contribution >= 0.6 is 0 Å². The summed E-state index contributed by atoms with van der Waals surface area (Å²) in [6.45, 7) is 5.80. The Morgan fingerprint density at radius 1 is 0.929 bits per heavy atom. The Hall–Kier alpha value is -3.40. The van der Waals surface area contributed by atoms with Gasteiger partial charge in [-0.3, -0.25) is 4.79 Å². The summed E-state index contributed by atoms with van der Waals surface area (Å²) in [6, 6.07) is 18.8. The van der Waals surface area contributed by atoms with Gasteiger partial charge in [0.1, 0.15) is 0 Å². The molecule has 0 bridgehead atoms. The molecule has 0 fully saturated rings. The summed E-state index contributed by atoms with van der Waals surface area (Å²) in [5.41, 5.74) is 5.01. The van der Waals surface area contributed by atoms with Crippen molar-refractivity contribution in [1.82, 2.24) is 4.98 Å². The van der Waals surface area contributed by atoms with E-state index < -0.39 is 0 Å². The minimum absolute atomic E-state index is 0.0937. The number of rotatable bonds is 6. The Kier molecular flexibility index (Phi) is 5.90. The zero-order valence-corrected chi connectivity index (χ0v) is 16.3. The largest absolute Gasteiger partial charge is 0.462 e. The van der Waals surface area contributed by atoms with Gasteiger partial charge < -0.3 is 9.72 Å². The van der Waals surface area contributed by atoms with Crippen LogP contribution in [0.15, 0.2) is 66.7 Å². The minimum Gasteiger partial charge on any atom is -0.462 e. The second-order valence-electron chi connectivity index (χ2n) is 6.50. The number of ether oxygens (including phenoxy) is 1. The number of carbonyl (C=O) groups excluding carboxylic acids is 2. The monoisotopic (exact) mass is 373 g/mol. The van der Waals surface area contributed by atoms with E-state index in [2.05, 4.69) is 4.98 Å². The summed E-state index contributed by atoms with van der Waals surface area (Å²) in [5.74, 6) is -0.453. The Balaban J connectivity index is 2.14. The van der Waals surface area contributed by atoms with Gasteiger partial charge in [-0.2, -0.15) is 0 Å². The molecule has 0 radical (unpaired) electrons. The van der Waals surface area contributed by atoms with Gasteiger partial charge in [-0.25, -0.2) is 4.79 Å². The van der Waals surface area contributed by atoms with Crippen LogP contribution in [0.4, 0.5) is 0 Å². The normalized spacial score (nSPS) is 11.3. The van der Waals surface area contributed by atoms with E-state index in [-0.39, 0.29) is 11.8 Å². The maximum absolute atomic E-state index is 12.9. The highest BCUT2D eigenvalue weighted by Gasteiger charge is 2.22. The van der Waals surface area contributed by atoms with Crippen molar-refractivity contribution >= 4 is 17.3 Å². The number of carbonyl (C=O) groups is 2. The smallest absolute Gasteiger partial charge is 0.340 e. The molecule has 0 saturated carbocycles. The summed E-state index contributed by atoms with van der Waals surface area (Å²) >= 11 is 0. The zero-order valence-electron chi connectivity index (χ0n) is 16.3. The van der Waals surface area contributed by atoms with E-state index in [0.29, 0.717) is 17.7 Å². The molecule has 4 heteroatoms. The molecule has 3 rings (SSSR count). The van der Waals surface area contributed by atoms with Crippen molar-refractivity contribution in [1.29, 1.82) is 0 Å². The molecule has 0 unspecified atom stereocenters. The zero-order chi connectivity index (χ0) is 20.1. The van der Waals surface area contributed by atoms with Gasteiger partial charge in [0.25, 0.3) is 0 Å². The van der Waals surface area contributed by atoms with E-state index in [0.717, 1.165) is 28.1 Å². The molecular weight excluding hydrogens is 350 g/mol. The molecule has 1 N–H and O–H groups in total. The molecule has 0 spiro atoms. The fraction of sp³-hybridized carbons (Fsp3) is 0.167. The lowest BCUT2D eigenvalue weighted by atomic mass is 9.96. The van der Waals surface area contributed by atoms with Gasteiger partial charge in [-0.15, -0.1) is 0 Å². The lowest BCUT2D eigenvalue weighted by molar-refractivity contribution is 0.0525. The molecule has 1 heterocycles. The standard InChI is InChI=1S/C24H23NO3/c1-4-28-24(27)22-16(2)23(25-17(22)3)20(18-11-7-5-8-12-18)15-21(26)19-13-9-6-10-14-19/h5-15,25H,4H2,1-3H3/b20-15-. The number of ketones is 1. The van der Waals surface area contributed by atoms with Crippen LogP contribution in [0.1, 0.15) is 50.2 Å². The average Bonchev–Trinajstić information content (AvgIpc) is 3.01. The molecule has 0 atom stereocenters. The number of hydrogen-bond donors (Lipinski definition) is 1. The van der Waals surface area contributed by atoms with E-state index in [1.165, 1.54) is 0 Å². The number of benzene rings is 2. The molecule has 4 nitrogen and oxygen atoms in total. The predicted octanol–water partition coefficient (Wildman–Crippen LogP) is 5.12. The predicted molar refractivity (Wildman–Crippen MR) is 111 cm³/mol. The first-order valence-electron chi connectivity index (χ1n) is 9.26. The lowest BCUT2D eigenvalue weighted by Gasteiger charge is -2.09. The van der Waals surface area contributed by atoms with Crippen molar-refractivity contribution < 1.29 is 14.3 Å². The van der Waals surface area contributed by atoms with E-state index in [1.54, 1.807) is 25.1 Å². The van der Waals surface area contributed by atoms with E-state index in [1.807, 2.05) is 62.4 Å². The van der Waals surface area contributed by atoms with Crippen molar-refractivity contribution in [2.45, 2.75) is 20.8 Å². The summed E-state index contributed by atoms with van der Waals surface area (Å²) in [5, 5.41) is 0. The number of aromatic nitrogens is 1. The molecule has 0 aliphatic heterocycles. The molecule has 28 heavy (non-hydrogen) atoms. The molecule has 0 saturated heterocycles. The molecule has 3 aromatic rings. The number of nitrogens with one attached hydrogen (secondary N) is 1. The van der Waals surface area contributed by atoms with Crippen molar-refractivity contribution in [2.75, 3.05) is 6.61 Å². The molecular formula is C24H23NO3. The highest BCUT2D eigenvalue weighted by Crippen LogP contribution is 2.30. The molecule has 0 aliphatic rings. The lowest BCUT2D eigenvalue weighted by Crippen LogP contribution is -2.07. The van der Waals surface area contributed by atoms with E-state index in [9.17, 15) is 9.59 Å². The third-order valence-electron chi connectivity index (χ3n) is 4.60. The second kappa shape index (κ2) is 8.53. The highest BCUT2D eigenvalue weighted by molar-refractivity contribution is 6.10. The van der Waals surface area contributed by atoms with Gasteiger partial charge in [0, 0.05) is 16.8 Å². The third-order valence-corrected chi connectivity index (χ3v) is 4.60.